The van der Waals surface area contributed by atoms with Gasteiger partial charge in [-0.05, 0) is 54.2 Å². The second kappa shape index (κ2) is 13.8. The van der Waals surface area contributed by atoms with E-state index in [4.69, 9.17) is 9.72 Å². The van der Waals surface area contributed by atoms with Gasteiger partial charge in [-0.1, -0.05) is 68.4 Å². The molecule has 0 aliphatic carbocycles. The first kappa shape index (κ1) is 28.8. The van der Waals surface area contributed by atoms with Gasteiger partial charge in [-0.2, -0.15) is 0 Å². The highest BCUT2D eigenvalue weighted by molar-refractivity contribution is 7.14. The van der Waals surface area contributed by atoms with E-state index in [0.29, 0.717) is 18.5 Å². The number of benzene rings is 3. The average molecular weight is 558 g/mol. The first-order valence-corrected chi connectivity index (χ1v) is 14.2. The molecule has 4 aromatic rings. The number of rotatable bonds is 13. The number of nitrogens with zero attached hydrogens (tertiary/aromatic N) is 2. The van der Waals surface area contributed by atoms with E-state index in [9.17, 15) is 14.7 Å². The Hall–Kier alpha value is -4.17. The number of nitrogens with one attached hydrogen (secondary N) is 1. The van der Waals surface area contributed by atoms with E-state index in [1.54, 1.807) is 30.6 Å². The second-order valence-corrected chi connectivity index (χ2v) is 10.9. The van der Waals surface area contributed by atoms with Gasteiger partial charge in [0.1, 0.15) is 11.8 Å². The van der Waals surface area contributed by atoms with E-state index in [0.717, 1.165) is 40.7 Å². The van der Waals surface area contributed by atoms with Crippen LogP contribution in [0.4, 0.5) is 5.13 Å². The molecule has 0 radical (unpaired) electrons. The topological polar surface area (TPSA) is 91.8 Å². The number of aromatic nitrogens is 1. The van der Waals surface area contributed by atoms with E-state index in [2.05, 4.69) is 27.7 Å². The van der Waals surface area contributed by atoms with Crippen LogP contribution in [-0.4, -0.2) is 41.7 Å². The lowest BCUT2D eigenvalue weighted by Gasteiger charge is -2.22. The van der Waals surface area contributed by atoms with Crippen molar-refractivity contribution in [3.8, 4) is 17.0 Å². The number of methoxy groups -OCH3 is 1. The van der Waals surface area contributed by atoms with Crippen LogP contribution in [0.25, 0.3) is 11.3 Å². The maximum absolute atomic E-state index is 12.7. The van der Waals surface area contributed by atoms with Crippen LogP contribution in [0.15, 0.2) is 84.2 Å². The lowest BCUT2D eigenvalue weighted by Crippen LogP contribution is -2.41. The number of aliphatic carboxylic acids is 1. The Balaban J connectivity index is 1.51. The van der Waals surface area contributed by atoms with Crippen molar-refractivity contribution in [2.45, 2.75) is 39.3 Å². The number of carboxylic acid groups (broad SMARTS) is 1. The van der Waals surface area contributed by atoms with Gasteiger partial charge in [0.2, 0.25) is 0 Å². The molecule has 0 aliphatic rings. The van der Waals surface area contributed by atoms with Gasteiger partial charge in [0.15, 0.2) is 5.13 Å². The summed E-state index contributed by atoms with van der Waals surface area (Å²) in [6, 6.07) is 24.6. The number of thiazole rings is 1. The molecule has 7 nitrogen and oxygen atoms in total. The van der Waals surface area contributed by atoms with Crippen LogP contribution in [0.1, 0.15) is 41.8 Å². The summed E-state index contributed by atoms with van der Waals surface area (Å²) in [5.41, 5.74) is 4.60. The van der Waals surface area contributed by atoms with E-state index < -0.39 is 12.0 Å². The summed E-state index contributed by atoms with van der Waals surface area (Å²) in [7, 11) is 1.65. The monoisotopic (exact) mass is 557 g/mol. The Morgan fingerprint density at radius 3 is 2.42 bits per heavy atom. The van der Waals surface area contributed by atoms with Crippen LogP contribution in [0.3, 0.4) is 0 Å². The number of anilines is 1. The Morgan fingerprint density at radius 2 is 1.75 bits per heavy atom. The molecule has 0 aliphatic heterocycles. The zero-order valence-electron chi connectivity index (χ0n) is 23.0. The fourth-order valence-corrected chi connectivity index (χ4v) is 5.25. The summed E-state index contributed by atoms with van der Waals surface area (Å²) >= 11 is 1.60. The molecular weight excluding hydrogens is 522 g/mol. The predicted octanol–water partition coefficient (Wildman–Crippen LogP) is 6.30. The summed E-state index contributed by atoms with van der Waals surface area (Å²) < 4.78 is 5.38. The molecule has 0 spiro atoms. The van der Waals surface area contributed by atoms with Crippen LogP contribution in [0.2, 0.25) is 0 Å². The molecule has 3 aromatic carbocycles. The largest absolute Gasteiger partial charge is 0.497 e. The highest BCUT2D eigenvalue weighted by Gasteiger charge is 2.22. The molecule has 8 heteroatoms. The van der Waals surface area contributed by atoms with Gasteiger partial charge in [0.25, 0.3) is 5.91 Å². The molecule has 40 heavy (non-hydrogen) atoms. The van der Waals surface area contributed by atoms with Crippen LogP contribution >= 0.6 is 11.3 Å². The Kier molecular flexibility index (Phi) is 9.91. The minimum Gasteiger partial charge on any atom is -0.497 e. The third-order valence-corrected chi connectivity index (χ3v) is 7.44. The molecule has 2 N–H and O–H groups in total. The number of carbonyl (C=O) groups excluding carboxylic acids is 1. The van der Waals surface area contributed by atoms with Crippen molar-refractivity contribution in [2.75, 3.05) is 18.6 Å². The zero-order valence-corrected chi connectivity index (χ0v) is 23.9. The summed E-state index contributed by atoms with van der Waals surface area (Å²) in [4.78, 5) is 31.5. The molecule has 208 valence electrons. The van der Waals surface area contributed by atoms with E-state index >= 15 is 0 Å². The number of hydrogen-bond acceptors (Lipinski definition) is 6. The lowest BCUT2D eigenvalue weighted by atomic mass is 10.0. The van der Waals surface area contributed by atoms with Crippen LogP contribution < -0.4 is 15.0 Å². The molecule has 1 atom stereocenters. The van der Waals surface area contributed by atoms with Crippen LogP contribution in [-0.2, 0) is 17.8 Å². The van der Waals surface area contributed by atoms with E-state index in [1.807, 2.05) is 68.4 Å². The minimum absolute atomic E-state index is 0.154. The van der Waals surface area contributed by atoms with Crippen molar-refractivity contribution < 1.29 is 19.4 Å². The van der Waals surface area contributed by atoms with E-state index in [1.165, 1.54) is 5.56 Å². The van der Waals surface area contributed by atoms with Crippen molar-refractivity contribution in [3.05, 3.63) is 101 Å². The van der Waals surface area contributed by atoms with Crippen molar-refractivity contribution >= 4 is 28.3 Å². The molecule has 1 aromatic heterocycles. The Morgan fingerprint density at radius 1 is 1.00 bits per heavy atom. The van der Waals surface area contributed by atoms with Crippen molar-refractivity contribution in [1.29, 1.82) is 0 Å². The summed E-state index contributed by atoms with van der Waals surface area (Å²) in [5.74, 6) is -0.468. The Bertz CT molecular complexity index is 1400. The maximum atomic E-state index is 12.7. The predicted molar refractivity (Wildman–Crippen MR) is 160 cm³/mol. The summed E-state index contributed by atoms with van der Waals surface area (Å²) in [5, 5.41) is 15.1. The maximum Gasteiger partial charge on any atom is 0.326 e. The van der Waals surface area contributed by atoms with Gasteiger partial charge in [0.05, 0.1) is 12.8 Å². The SMILES string of the molecule is COc1cccc(-c2csc(N(CCc3ccccc3)Cc3ccc(C(=O)NC(CC(C)C)C(=O)O)cc3)n2)c1. The Labute approximate surface area is 239 Å². The molecular formula is C32H35N3O4S. The highest BCUT2D eigenvalue weighted by atomic mass is 32.1. The van der Waals surface area contributed by atoms with Crippen LogP contribution in [0, 0.1) is 5.92 Å². The third-order valence-electron chi connectivity index (χ3n) is 6.54. The van der Waals surface area contributed by atoms with Crippen molar-refractivity contribution in [3.63, 3.8) is 0 Å². The van der Waals surface area contributed by atoms with Gasteiger partial charge in [-0.3, -0.25) is 4.79 Å². The lowest BCUT2D eigenvalue weighted by molar-refractivity contribution is -0.139. The molecule has 4 rings (SSSR count). The third kappa shape index (κ3) is 7.93. The summed E-state index contributed by atoms with van der Waals surface area (Å²) in [6.45, 7) is 5.25. The van der Waals surface area contributed by atoms with Gasteiger partial charge in [0, 0.05) is 29.6 Å². The van der Waals surface area contributed by atoms with Gasteiger partial charge in [-0.15, -0.1) is 11.3 Å². The molecule has 0 saturated carbocycles. The average Bonchev–Trinajstić information content (AvgIpc) is 3.46. The summed E-state index contributed by atoms with van der Waals surface area (Å²) in [6.07, 6.45) is 1.24. The molecule has 0 bridgehead atoms. The van der Waals surface area contributed by atoms with Crippen LogP contribution in [0.5, 0.6) is 5.75 Å². The molecule has 1 unspecified atom stereocenters. The van der Waals surface area contributed by atoms with Crippen molar-refractivity contribution in [1.82, 2.24) is 10.3 Å². The first-order chi connectivity index (χ1) is 19.3. The fraction of sp³-hybridized carbons (Fsp3) is 0.281. The number of ether oxygens (including phenoxy) is 1. The highest BCUT2D eigenvalue weighted by Crippen LogP contribution is 2.30. The second-order valence-electron chi connectivity index (χ2n) is 10.1. The first-order valence-electron chi connectivity index (χ1n) is 13.3. The zero-order chi connectivity index (χ0) is 28.5. The number of carboxylic acids is 1. The van der Waals surface area contributed by atoms with Gasteiger partial charge < -0.3 is 20.1 Å². The van der Waals surface area contributed by atoms with Gasteiger partial charge >= 0.3 is 5.97 Å². The fourth-order valence-electron chi connectivity index (χ4n) is 4.39. The number of hydrogen-bond donors (Lipinski definition) is 2. The normalized spacial score (nSPS) is 11.7. The molecule has 1 heterocycles. The quantitative estimate of drug-likeness (QED) is 0.201. The molecule has 0 saturated heterocycles. The molecule has 0 fully saturated rings. The minimum atomic E-state index is -1.02. The smallest absolute Gasteiger partial charge is 0.326 e. The van der Waals surface area contributed by atoms with Crippen molar-refractivity contribution in [2.24, 2.45) is 5.92 Å². The number of carbonyl (C=O) groups is 2. The standard InChI is InChI=1S/C32H35N3O4S/c1-22(2)18-28(31(37)38)33-30(36)25-14-12-24(13-15-25)20-35(17-16-23-8-5-4-6-9-23)32-34-29(21-40-32)26-10-7-11-27(19-26)39-3/h4-15,19,21-22,28H,16-18,20H2,1-3H3,(H,33,36)(H,37,38). The van der Waals surface area contributed by atoms with Gasteiger partial charge in [-0.25, -0.2) is 9.78 Å². The molecule has 1 amide bonds. The van der Waals surface area contributed by atoms with E-state index in [-0.39, 0.29) is 11.8 Å². The number of amides is 1.